The lowest BCUT2D eigenvalue weighted by molar-refractivity contribution is 0.280. The molecular weight excluding hydrogens is 212 g/mol. The maximum Gasteiger partial charge on any atom is 0.125 e. The molecule has 0 saturated carbocycles. The summed E-state index contributed by atoms with van der Waals surface area (Å²) in [5.74, 6) is 0.885. The number of nitrogens with two attached hydrogens (primary N) is 1. The number of nitrogen functional groups attached to an aromatic ring is 1. The smallest absolute Gasteiger partial charge is 0.125 e. The van der Waals surface area contributed by atoms with E-state index >= 15 is 0 Å². The van der Waals surface area contributed by atoms with Gasteiger partial charge in [0, 0.05) is 37.0 Å². The highest BCUT2D eigenvalue weighted by atomic mass is 16.5. The SMILES string of the molecule is COc1cc(N)ccc1CN1CC=C(C)CC1. The molecule has 17 heavy (non-hydrogen) atoms. The fourth-order valence-electron chi connectivity index (χ4n) is 2.09. The molecular formula is C14H20N2O. The monoisotopic (exact) mass is 232 g/mol. The van der Waals surface area contributed by atoms with Gasteiger partial charge in [0.2, 0.25) is 0 Å². The van der Waals surface area contributed by atoms with Crippen molar-refractivity contribution in [3.05, 3.63) is 35.4 Å². The van der Waals surface area contributed by atoms with Gasteiger partial charge in [0.05, 0.1) is 7.11 Å². The van der Waals surface area contributed by atoms with E-state index in [1.165, 1.54) is 11.1 Å². The summed E-state index contributed by atoms with van der Waals surface area (Å²) in [5, 5.41) is 0. The van der Waals surface area contributed by atoms with Crippen molar-refractivity contribution in [2.75, 3.05) is 25.9 Å². The van der Waals surface area contributed by atoms with Crippen molar-refractivity contribution < 1.29 is 4.74 Å². The highest BCUT2D eigenvalue weighted by Crippen LogP contribution is 2.24. The van der Waals surface area contributed by atoms with Crippen LogP contribution in [0.4, 0.5) is 5.69 Å². The number of benzene rings is 1. The highest BCUT2D eigenvalue weighted by Gasteiger charge is 2.12. The number of hydrogen-bond donors (Lipinski definition) is 1. The van der Waals surface area contributed by atoms with Crippen LogP contribution in [0.15, 0.2) is 29.8 Å². The topological polar surface area (TPSA) is 38.5 Å². The number of anilines is 1. The Labute approximate surface area is 103 Å². The first kappa shape index (κ1) is 12.0. The lowest BCUT2D eigenvalue weighted by Gasteiger charge is -2.26. The Morgan fingerprint density at radius 1 is 1.41 bits per heavy atom. The molecule has 1 aliphatic rings. The van der Waals surface area contributed by atoms with Gasteiger partial charge in [0.25, 0.3) is 0 Å². The molecule has 0 fully saturated rings. The molecule has 0 aliphatic carbocycles. The Morgan fingerprint density at radius 3 is 2.88 bits per heavy atom. The van der Waals surface area contributed by atoms with Gasteiger partial charge in [-0.3, -0.25) is 4.90 Å². The Kier molecular flexibility index (Phi) is 3.69. The van der Waals surface area contributed by atoms with Gasteiger partial charge in [-0.15, -0.1) is 0 Å². The van der Waals surface area contributed by atoms with Gasteiger partial charge in [0.1, 0.15) is 5.75 Å². The third-order valence-corrected chi connectivity index (χ3v) is 3.23. The molecule has 1 aromatic carbocycles. The fourth-order valence-corrected chi connectivity index (χ4v) is 2.09. The van der Waals surface area contributed by atoms with E-state index in [2.05, 4.69) is 24.0 Å². The molecule has 1 aromatic rings. The average Bonchev–Trinajstić information content (AvgIpc) is 2.34. The molecule has 0 atom stereocenters. The summed E-state index contributed by atoms with van der Waals surface area (Å²) in [7, 11) is 1.69. The van der Waals surface area contributed by atoms with Crippen LogP contribution < -0.4 is 10.5 Å². The van der Waals surface area contributed by atoms with Gasteiger partial charge in [0.15, 0.2) is 0 Å². The van der Waals surface area contributed by atoms with E-state index in [9.17, 15) is 0 Å². The van der Waals surface area contributed by atoms with Crippen LogP contribution in [0.25, 0.3) is 0 Å². The van der Waals surface area contributed by atoms with Crippen molar-refractivity contribution >= 4 is 5.69 Å². The van der Waals surface area contributed by atoms with E-state index in [0.29, 0.717) is 0 Å². The zero-order valence-corrected chi connectivity index (χ0v) is 10.6. The van der Waals surface area contributed by atoms with E-state index in [1.807, 2.05) is 12.1 Å². The first-order chi connectivity index (χ1) is 8.19. The van der Waals surface area contributed by atoms with Gasteiger partial charge in [-0.1, -0.05) is 17.7 Å². The zero-order chi connectivity index (χ0) is 12.3. The Balaban J connectivity index is 2.08. The number of rotatable bonds is 3. The molecule has 3 heteroatoms. The Hall–Kier alpha value is -1.48. The molecule has 2 N–H and O–H groups in total. The molecule has 2 rings (SSSR count). The van der Waals surface area contributed by atoms with Crippen LogP contribution in [-0.2, 0) is 6.54 Å². The number of hydrogen-bond acceptors (Lipinski definition) is 3. The summed E-state index contributed by atoms with van der Waals surface area (Å²) < 4.78 is 5.37. The first-order valence-corrected chi connectivity index (χ1v) is 5.99. The summed E-state index contributed by atoms with van der Waals surface area (Å²) in [6, 6.07) is 5.88. The summed E-state index contributed by atoms with van der Waals surface area (Å²) in [5.41, 5.74) is 9.20. The largest absolute Gasteiger partial charge is 0.496 e. The van der Waals surface area contributed by atoms with Crippen molar-refractivity contribution in [3.63, 3.8) is 0 Å². The molecule has 0 spiro atoms. The number of methoxy groups -OCH3 is 1. The molecule has 0 bridgehead atoms. The third kappa shape index (κ3) is 3.01. The van der Waals surface area contributed by atoms with Crippen molar-refractivity contribution in [3.8, 4) is 5.75 Å². The first-order valence-electron chi connectivity index (χ1n) is 5.99. The zero-order valence-electron chi connectivity index (χ0n) is 10.6. The maximum absolute atomic E-state index is 5.75. The minimum Gasteiger partial charge on any atom is -0.496 e. The second kappa shape index (κ2) is 5.23. The van der Waals surface area contributed by atoms with Gasteiger partial charge >= 0.3 is 0 Å². The molecule has 0 unspecified atom stereocenters. The summed E-state index contributed by atoms with van der Waals surface area (Å²) in [6.07, 6.45) is 3.46. The Morgan fingerprint density at radius 2 is 2.24 bits per heavy atom. The summed E-state index contributed by atoms with van der Waals surface area (Å²) in [6.45, 7) is 5.27. The van der Waals surface area contributed by atoms with Crippen molar-refractivity contribution in [2.45, 2.75) is 19.9 Å². The van der Waals surface area contributed by atoms with Crippen LogP contribution in [0.5, 0.6) is 5.75 Å². The summed E-state index contributed by atoms with van der Waals surface area (Å²) >= 11 is 0. The van der Waals surface area contributed by atoms with Crippen molar-refractivity contribution in [1.29, 1.82) is 0 Å². The maximum atomic E-state index is 5.75. The molecule has 1 heterocycles. The van der Waals surface area contributed by atoms with Gasteiger partial charge in [-0.05, 0) is 19.4 Å². The molecule has 0 saturated heterocycles. The van der Waals surface area contributed by atoms with Crippen LogP contribution in [0.2, 0.25) is 0 Å². The normalized spacial score (nSPS) is 16.7. The standard InChI is InChI=1S/C14H20N2O/c1-11-5-7-16(8-6-11)10-12-3-4-13(15)9-14(12)17-2/h3-5,9H,6-8,10,15H2,1-2H3. The second-order valence-corrected chi connectivity index (χ2v) is 4.61. The molecule has 1 aliphatic heterocycles. The minimum absolute atomic E-state index is 0.750. The third-order valence-electron chi connectivity index (χ3n) is 3.23. The van der Waals surface area contributed by atoms with Crippen LogP contribution in [-0.4, -0.2) is 25.1 Å². The molecule has 3 nitrogen and oxygen atoms in total. The predicted molar refractivity (Wildman–Crippen MR) is 71.1 cm³/mol. The lowest BCUT2D eigenvalue weighted by Crippen LogP contribution is -2.28. The second-order valence-electron chi connectivity index (χ2n) is 4.61. The molecule has 0 aromatic heterocycles. The number of nitrogens with zero attached hydrogens (tertiary/aromatic N) is 1. The highest BCUT2D eigenvalue weighted by molar-refractivity contribution is 5.48. The molecule has 0 amide bonds. The average molecular weight is 232 g/mol. The van der Waals surface area contributed by atoms with E-state index in [-0.39, 0.29) is 0 Å². The van der Waals surface area contributed by atoms with E-state index in [1.54, 1.807) is 7.11 Å². The van der Waals surface area contributed by atoms with Crippen molar-refractivity contribution in [2.24, 2.45) is 0 Å². The Bertz CT molecular complexity index is 426. The quantitative estimate of drug-likeness (QED) is 0.642. The molecule has 92 valence electrons. The number of ether oxygens (including phenoxy) is 1. The van der Waals surface area contributed by atoms with Crippen LogP contribution in [0, 0.1) is 0 Å². The molecule has 0 radical (unpaired) electrons. The fraction of sp³-hybridized carbons (Fsp3) is 0.429. The van der Waals surface area contributed by atoms with E-state index < -0.39 is 0 Å². The van der Waals surface area contributed by atoms with E-state index in [4.69, 9.17) is 10.5 Å². The van der Waals surface area contributed by atoms with Gasteiger partial charge in [-0.25, -0.2) is 0 Å². The van der Waals surface area contributed by atoms with Crippen LogP contribution in [0.3, 0.4) is 0 Å². The summed E-state index contributed by atoms with van der Waals surface area (Å²) in [4.78, 5) is 2.42. The van der Waals surface area contributed by atoms with Crippen LogP contribution in [0.1, 0.15) is 18.9 Å². The lowest BCUT2D eigenvalue weighted by atomic mass is 10.1. The van der Waals surface area contributed by atoms with Crippen molar-refractivity contribution in [1.82, 2.24) is 4.90 Å². The predicted octanol–water partition coefficient (Wildman–Crippen LogP) is 2.43. The van der Waals surface area contributed by atoms with E-state index in [0.717, 1.165) is 37.5 Å². The van der Waals surface area contributed by atoms with Gasteiger partial charge in [-0.2, -0.15) is 0 Å². The minimum atomic E-state index is 0.750. The van der Waals surface area contributed by atoms with Gasteiger partial charge < -0.3 is 10.5 Å². The van der Waals surface area contributed by atoms with Crippen LogP contribution >= 0.6 is 0 Å².